The molecule has 1 aromatic carbocycles. The van der Waals surface area contributed by atoms with Crippen LogP contribution in [0.25, 0.3) is 0 Å². The molecule has 2 saturated carbocycles. The van der Waals surface area contributed by atoms with Gasteiger partial charge in [0.25, 0.3) is 0 Å². The minimum absolute atomic E-state index is 0.680. The van der Waals surface area contributed by atoms with Crippen LogP contribution >= 0.6 is 11.6 Å². The molecular weight excluding hydrogens is 218 g/mol. The summed E-state index contributed by atoms with van der Waals surface area (Å²) in [6.07, 6.45) is 5.52. The molecule has 2 fully saturated rings. The number of hydrogen-bond acceptors (Lipinski definition) is 1. The Labute approximate surface area is 102 Å². The van der Waals surface area contributed by atoms with Gasteiger partial charge in [0.05, 0.1) is 0 Å². The van der Waals surface area contributed by atoms with E-state index >= 15 is 0 Å². The van der Waals surface area contributed by atoms with Crippen molar-refractivity contribution in [3.8, 4) is 0 Å². The first-order chi connectivity index (χ1) is 7.83. The molecule has 2 aliphatic rings. The summed E-state index contributed by atoms with van der Waals surface area (Å²) < 4.78 is 0. The number of nitrogens with one attached hydrogen (secondary N) is 1. The van der Waals surface area contributed by atoms with Crippen molar-refractivity contribution in [2.45, 2.75) is 37.6 Å². The third-order valence-electron chi connectivity index (χ3n) is 3.67. The molecule has 3 rings (SSSR count). The molecule has 0 bridgehead atoms. The molecule has 86 valence electrons. The molecule has 0 amide bonds. The Morgan fingerprint density at radius 3 is 2.69 bits per heavy atom. The minimum atomic E-state index is 0.680. The summed E-state index contributed by atoms with van der Waals surface area (Å²) in [4.78, 5) is 0. The molecule has 0 aromatic heterocycles. The van der Waals surface area contributed by atoms with Crippen LogP contribution in [0.4, 0.5) is 0 Å². The first-order valence-corrected chi connectivity index (χ1v) is 6.69. The zero-order valence-corrected chi connectivity index (χ0v) is 10.2. The monoisotopic (exact) mass is 235 g/mol. The molecule has 2 aliphatic carbocycles. The highest BCUT2D eigenvalue weighted by Gasteiger charge is 2.33. The summed E-state index contributed by atoms with van der Waals surface area (Å²) in [6.45, 7) is 1.13. The second-order valence-electron chi connectivity index (χ2n) is 5.18. The van der Waals surface area contributed by atoms with Gasteiger partial charge in [0, 0.05) is 17.6 Å². The van der Waals surface area contributed by atoms with Gasteiger partial charge in [0.1, 0.15) is 0 Å². The van der Waals surface area contributed by atoms with Crippen molar-refractivity contribution in [1.29, 1.82) is 0 Å². The average molecular weight is 236 g/mol. The third kappa shape index (κ3) is 2.58. The van der Waals surface area contributed by atoms with Crippen molar-refractivity contribution in [3.05, 3.63) is 34.9 Å². The lowest BCUT2D eigenvalue weighted by Gasteiger charge is -2.17. The average Bonchev–Trinajstić information content (AvgIpc) is 3.13. The van der Waals surface area contributed by atoms with E-state index in [1.54, 1.807) is 0 Å². The molecule has 1 atom stereocenters. The smallest absolute Gasteiger partial charge is 0.0408 e. The lowest BCUT2D eigenvalue weighted by molar-refractivity contribution is 0.533. The highest BCUT2D eigenvalue weighted by atomic mass is 35.5. The van der Waals surface area contributed by atoms with Gasteiger partial charge in [0.2, 0.25) is 0 Å². The molecule has 2 heteroatoms. The lowest BCUT2D eigenvalue weighted by Crippen LogP contribution is -2.24. The van der Waals surface area contributed by atoms with Crippen LogP contribution in [0, 0.1) is 5.92 Å². The molecule has 0 saturated heterocycles. The zero-order chi connectivity index (χ0) is 11.0. The Bertz CT molecular complexity index is 369. The molecule has 16 heavy (non-hydrogen) atoms. The third-order valence-corrected chi connectivity index (χ3v) is 3.91. The van der Waals surface area contributed by atoms with Crippen LogP contribution in [-0.4, -0.2) is 12.6 Å². The van der Waals surface area contributed by atoms with E-state index in [4.69, 9.17) is 11.6 Å². The predicted molar refractivity (Wildman–Crippen MR) is 67.9 cm³/mol. The van der Waals surface area contributed by atoms with Gasteiger partial charge in [-0.05, 0) is 55.2 Å². The molecule has 1 unspecified atom stereocenters. The topological polar surface area (TPSA) is 12.0 Å². The van der Waals surface area contributed by atoms with Gasteiger partial charge >= 0.3 is 0 Å². The van der Waals surface area contributed by atoms with Gasteiger partial charge in [-0.25, -0.2) is 0 Å². The molecule has 1 nitrogen and oxygen atoms in total. The maximum Gasteiger partial charge on any atom is 0.0408 e. The number of benzene rings is 1. The van der Waals surface area contributed by atoms with Crippen LogP contribution in [0.15, 0.2) is 24.3 Å². The quantitative estimate of drug-likeness (QED) is 0.823. The van der Waals surface area contributed by atoms with Crippen LogP contribution in [0.3, 0.4) is 0 Å². The maximum atomic E-state index is 6.07. The van der Waals surface area contributed by atoms with Crippen molar-refractivity contribution in [2.75, 3.05) is 6.54 Å². The predicted octanol–water partition coefficient (Wildman–Crippen LogP) is 3.59. The zero-order valence-electron chi connectivity index (χ0n) is 9.45. The van der Waals surface area contributed by atoms with E-state index in [9.17, 15) is 0 Å². The summed E-state index contributed by atoms with van der Waals surface area (Å²) in [5, 5.41) is 4.52. The van der Waals surface area contributed by atoms with E-state index in [2.05, 4.69) is 23.5 Å². The molecule has 0 spiro atoms. The van der Waals surface area contributed by atoms with E-state index in [0.29, 0.717) is 5.92 Å². The van der Waals surface area contributed by atoms with E-state index in [1.165, 1.54) is 31.2 Å². The summed E-state index contributed by atoms with van der Waals surface area (Å²) in [6, 6.07) is 9.20. The van der Waals surface area contributed by atoms with Gasteiger partial charge in [-0.15, -0.1) is 0 Å². The standard InChI is InChI=1S/C14H18ClN/c15-12-3-1-2-11(8-12)14(10-4-5-10)9-16-13-6-7-13/h1-3,8,10,13-14,16H,4-7,9H2. The molecule has 1 N–H and O–H groups in total. The van der Waals surface area contributed by atoms with Crippen molar-refractivity contribution in [2.24, 2.45) is 5.92 Å². The van der Waals surface area contributed by atoms with Crippen LogP contribution in [0.2, 0.25) is 5.02 Å². The number of rotatable bonds is 5. The van der Waals surface area contributed by atoms with Crippen molar-refractivity contribution < 1.29 is 0 Å². The van der Waals surface area contributed by atoms with Crippen molar-refractivity contribution in [1.82, 2.24) is 5.32 Å². The summed E-state index contributed by atoms with van der Waals surface area (Å²) in [7, 11) is 0. The highest BCUT2D eigenvalue weighted by Crippen LogP contribution is 2.43. The first kappa shape index (κ1) is 10.6. The van der Waals surface area contributed by atoms with E-state index < -0.39 is 0 Å². The van der Waals surface area contributed by atoms with Gasteiger partial charge in [0.15, 0.2) is 0 Å². The fourth-order valence-corrected chi connectivity index (χ4v) is 2.57. The van der Waals surface area contributed by atoms with Crippen LogP contribution in [0.1, 0.15) is 37.2 Å². The van der Waals surface area contributed by atoms with E-state index in [1.807, 2.05) is 6.07 Å². The minimum Gasteiger partial charge on any atom is -0.313 e. The summed E-state index contributed by atoms with van der Waals surface area (Å²) in [5.74, 6) is 1.57. The van der Waals surface area contributed by atoms with Gasteiger partial charge in [-0.1, -0.05) is 23.7 Å². The summed E-state index contributed by atoms with van der Waals surface area (Å²) >= 11 is 6.07. The molecule has 1 aromatic rings. The number of halogens is 1. The van der Waals surface area contributed by atoms with Crippen LogP contribution < -0.4 is 5.32 Å². The Kier molecular flexibility index (Phi) is 2.91. The van der Waals surface area contributed by atoms with Crippen molar-refractivity contribution in [3.63, 3.8) is 0 Å². The van der Waals surface area contributed by atoms with E-state index in [0.717, 1.165) is 23.5 Å². The van der Waals surface area contributed by atoms with Gasteiger partial charge in [-0.3, -0.25) is 0 Å². The largest absolute Gasteiger partial charge is 0.313 e. The molecule has 0 heterocycles. The molecule has 0 radical (unpaired) electrons. The van der Waals surface area contributed by atoms with Crippen molar-refractivity contribution >= 4 is 11.6 Å². The number of hydrogen-bond donors (Lipinski definition) is 1. The normalized spacial score (nSPS) is 22.1. The fraction of sp³-hybridized carbons (Fsp3) is 0.571. The van der Waals surface area contributed by atoms with Gasteiger partial charge < -0.3 is 5.32 Å². The highest BCUT2D eigenvalue weighted by molar-refractivity contribution is 6.30. The first-order valence-electron chi connectivity index (χ1n) is 6.32. The molecular formula is C14H18ClN. The Morgan fingerprint density at radius 1 is 1.25 bits per heavy atom. The Morgan fingerprint density at radius 2 is 2.06 bits per heavy atom. The Balaban J connectivity index is 1.70. The van der Waals surface area contributed by atoms with Crippen LogP contribution in [-0.2, 0) is 0 Å². The molecule has 0 aliphatic heterocycles. The second-order valence-corrected chi connectivity index (χ2v) is 5.62. The maximum absolute atomic E-state index is 6.07. The second kappa shape index (κ2) is 4.38. The SMILES string of the molecule is Clc1cccc(C(CNC2CC2)C2CC2)c1. The lowest BCUT2D eigenvalue weighted by atomic mass is 9.94. The Hall–Kier alpha value is -0.530. The van der Waals surface area contributed by atoms with E-state index in [-0.39, 0.29) is 0 Å². The van der Waals surface area contributed by atoms with Gasteiger partial charge in [-0.2, -0.15) is 0 Å². The fourth-order valence-electron chi connectivity index (χ4n) is 2.37. The van der Waals surface area contributed by atoms with Crippen LogP contribution in [0.5, 0.6) is 0 Å². The summed E-state index contributed by atoms with van der Waals surface area (Å²) in [5.41, 5.74) is 1.42.